The van der Waals surface area contributed by atoms with Crippen molar-refractivity contribution in [2.45, 2.75) is 13.3 Å². The summed E-state index contributed by atoms with van der Waals surface area (Å²) in [7, 11) is 0. The van der Waals surface area contributed by atoms with Crippen LogP contribution in [0.5, 0.6) is 0 Å². The van der Waals surface area contributed by atoms with Gasteiger partial charge in [-0.15, -0.1) is 0 Å². The van der Waals surface area contributed by atoms with Crippen LogP contribution in [-0.2, 0) is 0 Å². The second kappa shape index (κ2) is 5.75. The third kappa shape index (κ3) is 2.90. The normalized spacial score (nSPS) is 15.5. The van der Waals surface area contributed by atoms with Gasteiger partial charge in [0.2, 0.25) is 0 Å². The predicted octanol–water partition coefficient (Wildman–Crippen LogP) is 4.86. The Kier molecular flexibility index (Phi) is 4.23. The lowest BCUT2D eigenvalue weighted by Gasteiger charge is -2.32. The van der Waals surface area contributed by atoms with Crippen molar-refractivity contribution in [3.8, 4) is 0 Å². The van der Waals surface area contributed by atoms with Crippen LogP contribution in [-0.4, -0.2) is 17.9 Å². The molecule has 1 aliphatic rings. The topological polar surface area (TPSA) is 3.24 Å². The molecule has 106 valence electrons. The first-order valence-corrected chi connectivity index (χ1v) is 6.37. The highest BCUT2D eigenvalue weighted by molar-refractivity contribution is 6.30. The number of hydrogen-bond acceptors (Lipinski definition) is 1. The van der Waals surface area contributed by atoms with Gasteiger partial charge >= 0.3 is 0 Å². The SMILES string of the molecule is C=C1C(C)=CC=C(c2ccc(Cl)cc2F)N1CC(F)F. The van der Waals surface area contributed by atoms with E-state index in [4.69, 9.17) is 11.6 Å². The Morgan fingerprint density at radius 3 is 2.60 bits per heavy atom. The lowest BCUT2D eigenvalue weighted by Crippen LogP contribution is -2.29. The van der Waals surface area contributed by atoms with Gasteiger partial charge < -0.3 is 4.90 Å². The molecule has 0 spiro atoms. The molecule has 1 aromatic carbocycles. The summed E-state index contributed by atoms with van der Waals surface area (Å²) in [5.74, 6) is -0.552. The quantitative estimate of drug-likeness (QED) is 0.770. The van der Waals surface area contributed by atoms with Gasteiger partial charge in [-0.25, -0.2) is 13.2 Å². The van der Waals surface area contributed by atoms with E-state index in [0.717, 1.165) is 11.6 Å². The molecule has 0 radical (unpaired) electrons. The molecule has 0 amide bonds. The largest absolute Gasteiger partial charge is 0.335 e. The highest BCUT2D eigenvalue weighted by Crippen LogP contribution is 2.33. The first-order valence-electron chi connectivity index (χ1n) is 5.99. The van der Waals surface area contributed by atoms with Crippen LogP contribution in [0.3, 0.4) is 0 Å². The van der Waals surface area contributed by atoms with Crippen molar-refractivity contribution < 1.29 is 13.2 Å². The number of allylic oxidation sites excluding steroid dienone is 3. The Labute approximate surface area is 120 Å². The van der Waals surface area contributed by atoms with E-state index < -0.39 is 18.8 Å². The molecule has 0 saturated heterocycles. The maximum Gasteiger partial charge on any atom is 0.256 e. The average Bonchev–Trinajstić information content (AvgIpc) is 2.36. The van der Waals surface area contributed by atoms with E-state index in [1.807, 2.05) is 0 Å². The van der Waals surface area contributed by atoms with E-state index in [9.17, 15) is 13.2 Å². The number of hydrogen-bond donors (Lipinski definition) is 0. The van der Waals surface area contributed by atoms with Crippen molar-refractivity contribution in [3.05, 3.63) is 64.6 Å². The van der Waals surface area contributed by atoms with Crippen molar-refractivity contribution >= 4 is 17.3 Å². The van der Waals surface area contributed by atoms with E-state index in [-0.39, 0.29) is 10.6 Å². The van der Waals surface area contributed by atoms with E-state index in [0.29, 0.717) is 11.4 Å². The number of alkyl halides is 2. The summed E-state index contributed by atoms with van der Waals surface area (Å²) in [6.45, 7) is 5.03. The van der Waals surface area contributed by atoms with Gasteiger partial charge in [-0.3, -0.25) is 0 Å². The smallest absolute Gasteiger partial charge is 0.256 e. The van der Waals surface area contributed by atoms with E-state index in [2.05, 4.69) is 6.58 Å². The number of rotatable bonds is 3. The first-order chi connectivity index (χ1) is 9.40. The molecule has 1 aliphatic heterocycles. The molecular weight excluding hydrogens is 287 g/mol. The molecule has 0 unspecified atom stereocenters. The molecule has 0 fully saturated rings. The van der Waals surface area contributed by atoms with Gasteiger partial charge in [0, 0.05) is 16.3 Å². The second-order valence-corrected chi connectivity index (χ2v) is 4.91. The van der Waals surface area contributed by atoms with Crippen LogP contribution in [0.15, 0.2) is 48.2 Å². The summed E-state index contributed by atoms with van der Waals surface area (Å²) in [5, 5.41) is 0.258. The second-order valence-electron chi connectivity index (χ2n) is 4.47. The van der Waals surface area contributed by atoms with Crippen molar-refractivity contribution in [1.82, 2.24) is 4.90 Å². The molecule has 0 N–H and O–H groups in total. The molecule has 0 aliphatic carbocycles. The summed E-state index contributed by atoms with van der Waals surface area (Å²) in [6.07, 6.45) is 0.795. The van der Waals surface area contributed by atoms with Crippen LogP contribution in [0.2, 0.25) is 5.02 Å². The fraction of sp³-hybridized carbons (Fsp3) is 0.200. The highest BCUT2D eigenvalue weighted by Gasteiger charge is 2.24. The Morgan fingerprint density at radius 2 is 2.00 bits per heavy atom. The van der Waals surface area contributed by atoms with Crippen LogP contribution < -0.4 is 0 Å². The van der Waals surface area contributed by atoms with Gasteiger partial charge in [-0.2, -0.15) is 0 Å². The third-order valence-electron chi connectivity index (χ3n) is 3.09. The lowest BCUT2D eigenvalue weighted by atomic mass is 10.0. The van der Waals surface area contributed by atoms with Crippen LogP contribution >= 0.6 is 11.6 Å². The Hall–Kier alpha value is -1.68. The van der Waals surface area contributed by atoms with Gasteiger partial charge in [-0.1, -0.05) is 24.3 Å². The third-order valence-corrected chi connectivity index (χ3v) is 3.33. The van der Waals surface area contributed by atoms with Crippen LogP contribution in [0.4, 0.5) is 13.2 Å². The molecule has 1 aromatic rings. The number of nitrogens with zero attached hydrogens (tertiary/aromatic N) is 1. The molecule has 0 atom stereocenters. The van der Waals surface area contributed by atoms with E-state index in [1.54, 1.807) is 19.1 Å². The molecule has 20 heavy (non-hydrogen) atoms. The summed E-state index contributed by atoms with van der Waals surface area (Å²) in [5.41, 5.74) is 1.79. The van der Waals surface area contributed by atoms with Gasteiger partial charge in [0.15, 0.2) is 0 Å². The fourth-order valence-corrected chi connectivity index (χ4v) is 2.19. The van der Waals surface area contributed by atoms with Gasteiger partial charge in [0.1, 0.15) is 5.82 Å². The van der Waals surface area contributed by atoms with Crippen LogP contribution in [0.1, 0.15) is 12.5 Å². The lowest BCUT2D eigenvalue weighted by molar-refractivity contribution is 0.123. The minimum Gasteiger partial charge on any atom is -0.335 e. The van der Waals surface area contributed by atoms with Gasteiger partial charge in [-0.05, 0) is 36.8 Å². The predicted molar refractivity (Wildman–Crippen MR) is 75.0 cm³/mol. The van der Waals surface area contributed by atoms with E-state index in [1.165, 1.54) is 17.0 Å². The number of halogens is 4. The van der Waals surface area contributed by atoms with Crippen molar-refractivity contribution in [3.63, 3.8) is 0 Å². The van der Waals surface area contributed by atoms with Crippen molar-refractivity contribution in [2.75, 3.05) is 6.54 Å². The minimum atomic E-state index is -2.54. The first kappa shape index (κ1) is 14.7. The molecule has 0 bridgehead atoms. The maximum atomic E-state index is 14.0. The highest BCUT2D eigenvalue weighted by atomic mass is 35.5. The summed E-state index contributed by atoms with van der Waals surface area (Å²) in [6, 6.07) is 4.16. The zero-order chi connectivity index (χ0) is 14.9. The van der Waals surface area contributed by atoms with Gasteiger partial charge in [0.05, 0.1) is 12.2 Å². The van der Waals surface area contributed by atoms with E-state index >= 15 is 0 Å². The standard InChI is InChI=1S/C15H13ClF3N/c1-9-3-6-14(20(10(9)2)8-15(18)19)12-5-4-11(16)7-13(12)17/h3-7,15H,2,8H2,1H3. The molecule has 0 saturated carbocycles. The molecule has 2 rings (SSSR count). The fourth-order valence-electron chi connectivity index (χ4n) is 2.03. The zero-order valence-electron chi connectivity index (χ0n) is 10.8. The Balaban J connectivity index is 2.48. The van der Waals surface area contributed by atoms with Gasteiger partial charge in [0.25, 0.3) is 6.43 Å². The average molecular weight is 300 g/mol. The molecule has 1 nitrogen and oxygen atoms in total. The summed E-state index contributed by atoms with van der Waals surface area (Å²) >= 11 is 5.71. The molecular formula is C15H13ClF3N. The number of benzene rings is 1. The zero-order valence-corrected chi connectivity index (χ0v) is 11.6. The summed E-state index contributed by atoms with van der Waals surface area (Å²) < 4.78 is 39.4. The monoisotopic (exact) mass is 299 g/mol. The molecule has 1 heterocycles. The molecule has 5 heteroatoms. The summed E-state index contributed by atoms with van der Waals surface area (Å²) in [4.78, 5) is 1.33. The maximum absolute atomic E-state index is 14.0. The Bertz CT molecular complexity index is 605. The van der Waals surface area contributed by atoms with Crippen molar-refractivity contribution in [2.24, 2.45) is 0 Å². The van der Waals surface area contributed by atoms with Crippen LogP contribution in [0.25, 0.3) is 5.70 Å². The minimum absolute atomic E-state index is 0.222. The van der Waals surface area contributed by atoms with Crippen molar-refractivity contribution in [1.29, 1.82) is 0 Å². The van der Waals surface area contributed by atoms with Crippen LogP contribution in [0, 0.1) is 5.82 Å². The molecule has 0 aromatic heterocycles. The Morgan fingerprint density at radius 1 is 1.30 bits per heavy atom.